The molecule has 1 saturated carbocycles. The lowest BCUT2D eigenvalue weighted by Gasteiger charge is -2.16. The number of rotatable bonds is 5. The Morgan fingerprint density at radius 1 is 1.29 bits per heavy atom. The highest BCUT2D eigenvalue weighted by atomic mass is 16.5. The summed E-state index contributed by atoms with van der Waals surface area (Å²) in [5.41, 5.74) is 2.80. The largest absolute Gasteiger partial charge is 0.385 e. The highest BCUT2D eigenvalue weighted by Crippen LogP contribution is 2.39. The van der Waals surface area contributed by atoms with Gasteiger partial charge in [0, 0.05) is 29.6 Å². The van der Waals surface area contributed by atoms with Crippen molar-refractivity contribution >= 4 is 0 Å². The van der Waals surface area contributed by atoms with Gasteiger partial charge in [-0.05, 0) is 58.1 Å². The summed E-state index contributed by atoms with van der Waals surface area (Å²) in [7, 11) is 4.17. The Morgan fingerprint density at radius 2 is 2.04 bits per heavy atom. The van der Waals surface area contributed by atoms with Gasteiger partial charge in [-0.1, -0.05) is 17.0 Å². The second-order valence-corrected chi connectivity index (χ2v) is 7.53. The molecule has 2 heterocycles. The molecule has 144 valence electrons. The van der Waals surface area contributed by atoms with Crippen molar-refractivity contribution < 1.29 is 9.63 Å². The highest BCUT2D eigenvalue weighted by Gasteiger charge is 2.43. The lowest BCUT2D eigenvalue weighted by Crippen LogP contribution is -2.28. The minimum Gasteiger partial charge on any atom is -0.385 e. The maximum atomic E-state index is 9.77. The van der Waals surface area contributed by atoms with Gasteiger partial charge in [-0.2, -0.15) is 0 Å². The zero-order valence-corrected chi connectivity index (χ0v) is 16.4. The number of benzene rings is 1. The van der Waals surface area contributed by atoms with Crippen LogP contribution in [-0.2, 0) is 6.54 Å². The van der Waals surface area contributed by atoms with E-state index in [2.05, 4.69) is 41.0 Å². The molecule has 3 aromatic rings. The summed E-state index contributed by atoms with van der Waals surface area (Å²) in [4.78, 5) is 6.38. The summed E-state index contributed by atoms with van der Waals surface area (Å²) in [5.74, 6) is 8.00. The van der Waals surface area contributed by atoms with E-state index in [0.717, 1.165) is 29.7 Å². The molecule has 28 heavy (non-hydrogen) atoms. The topological polar surface area (TPSA) is 67.3 Å². The van der Waals surface area contributed by atoms with Gasteiger partial charge in [0.25, 0.3) is 0 Å². The maximum absolute atomic E-state index is 9.77. The SMILES string of the molecule is C[C@H](O)c1nccn1Cc1cc(-c2ccc(C#CC3(N(C)C)CC3)cc2)on1. The first-order valence-corrected chi connectivity index (χ1v) is 9.43. The number of aliphatic hydroxyl groups is 1. The van der Waals surface area contributed by atoms with E-state index in [1.807, 2.05) is 41.1 Å². The predicted octanol–water partition coefficient (Wildman–Crippen LogP) is 3.09. The summed E-state index contributed by atoms with van der Waals surface area (Å²) < 4.78 is 7.37. The fourth-order valence-corrected chi connectivity index (χ4v) is 3.23. The number of hydrogen-bond acceptors (Lipinski definition) is 5. The van der Waals surface area contributed by atoms with E-state index in [4.69, 9.17) is 4.52 Å². The smallest absolute Gasteiger partial charge is 0.167 e. The standard InChI is InChI=1S/C22H24N4O2/c1-16(27)21-23-12-13-26(21)15-19-14-20(28-24-19)18-6-4-17(5-7-18)8-9-22(10-11-22)25(2)3/h4-7,12-14,16,27H,10-11,15H2,1-3H3/t16-/m0/s1. The Hall–Kier alpha value is -2.88. The number of hydrogen-bond donors (Lipinski definition) is 1. The third-order valence-corrected chi connectivity index (χ3v) is 5.20. The van der Waals surface area contributed by atoms with Crippen LogP contribution in [-0.4, -0.2) is 44.3 Å². The zero-order chi connectivity index (χ0) is 19.7. The van der Waals surface area contributed by atoms with Crippen molar-refractivity contribution in [3.8, 4) is 23.2 Å². The summed E-state index contributed by atoms with van der Waals surface area (Å²) in [6, 6.07) is 9.94. The minimum absolute atomic E-state index is 0.0662. The van der Waals surface area contributed by atoms with E-state index in [-0.39, 0.29) is 5.54 Å². The summed E-state index contributed by atoms with van der Waals surface area (Å²) in [5, 5.41) is 13.9. The molecule has 1 N–H and O–H groups in total. The summed E-state index contributed by atoms with van der Waals surface area (Å²) in [6.45, 7) is 2.20. The molecule has 6 heteroatoms. The van der Waals surface area contributed by atoms with E-state index in [1.54, 1.807) is 13.1 Å². The molecule has 0 amide bonds. The quantitative estimate of drug-likeness (QED) is 0.693. The molecule has 1 atom stereocenters. The molecule has 4 rings (SSSR count). The first-order chi connectivity index (χ1) is 13.5. The molecular formula is C22H24N4O2. The minimum atomic E-state index is -0.628. The third-order valence-electron chi connectivity index (χ3n) is 5.20. The van der Waals surface area contributed by atoms with Gasteiger partial charge in [-0.25, -0.2) is 4.98 Å². The van der Waals surface area contributed by atoms with Crippen molar-refractivity contribution in [3.05, 3.63) is 59.8 Å². The van der Waals surface area contributed by atoms with Crippen LogP contribution in [0.15, 0.2) is 47.2 Å². The normalized spacial score (nSPS) is 15.9. The molecule has 0 spiro atoms. The van der Waals surface area contributed by atoms with Gasteiger partial charge in [-0.15, -0.1) is 0 Å². The molecule has 1 aliphatic carbocycles. The Morgan fingerprint density at radius 3 is 2.68 bits per heavy atom. The lowest BCUT2D eigenvalue weighted by molar-refractivity contribution is 0.184. The fourth-order valence-electron chi connectivity index (χ4n) is 3.23. The molecule has 0 saturated heterocycles. The average Bonchev–Trinajstić information content (AvgIpc) is 3.10. The van der Waals surface area contributed by atoms with Crippen molar-refractivity contribution in [3.63, 3.8) is 0 Å². The number of aromatic nitrogens is 3. The molecule has 2 aromatic heterocycles. The van der Waals surface area contributed by atoms with Gasteiger partial charge >= 0.3 is 0 Å². The Kier molecular flexibility index (Phi) is 4.80. The monoisotopic (exact) mass is 376 g/mol. The van der Waals surface area contributed by atoms with Crippen molar-refractivity contribution in [2.75, 3.05) is 14.1 Å². The zero-order valence-electron chi connectivity index (χ0n) is 16.4. The average molecular weight is 376 g/mol. The van der Waals surface area contributed by atoms with Crippen LogP contribution in [0.5, 0.6) is 0 Å². The molecule has 1 fully saturated rings. The van der Waals surface area contributed by atoms with Crippen LogP contribution in [0.4, 0.5) is 0 Å². The fraction of sp³-hybridized carbons (Fsp3) is 0.364. The summed E-state index contributed by atoms with van der Waals surface area (Å²) >= 11 is 0. The van der Waals surface area contributed by atoms with Gasteiger partial charge in [0.05, 0.1) is 12.1 Å². The van der Waals surface area contributed by atoms with Gasteiger partial charge < -0.3 is 14.2 Å². The molecule has 0 unspecified atom stereocenters. The van der Waals surface area contributed by atoms with Gasteiger partial charge in [-0.3, -0.25) is 4.90 Å². The van der Waals surface area contributed by atoms with E-state index >= 15 is 0 Å². The molecule has 1 aromatic carbocycles. The van der Waals surface area contributed by atoms with Crippen LogP contribution in [0.2, 0.25) is 0 Å². The van der Waals surface area contributed by atoms with Crippen LogP contribution < -0.4 is 0 Å². The van der Waals surface area contributed by atoms with Gasteiger partial charge in [0.15, 0.2) is 5.76 Å². The molecule has 1 aliphatic rings. The van der Waals surface area contributed by atoms with Crippen molar-refractivity contribution in [1.29, 1.82) is 0 Å². The van der Waals surface area contributed by atoms with E-state index in [1.165, 1.54) is 0 Å². The van der Waals surface area contributed by atoms with Crippen molar-refractivity contribution in [1.82, 2.24) is 19.6 Å². The Labute approximate surface area is 164 Å². The Bertz CT molecular complexity index is 1010. The van der Waals surface area contributed by atoms with E-state index in [0.29, 0.717) is 18.1 Å². The lowest BCUT2D eigenvalue weighted by atomic mass is 10.1. The van der Waals surface area contributed by atoms with Crippen LogP contribution in [0.1, 0.15) is 43.0 Å². The second kappa shape index (κ2) is 7.27. The third kappa shape index (κ3) is 3.72. The van der Waals surface area contributed by atoms with Crippen LogP contribution >= 0.6 is 0 Å². The molecule has 6 nitrogen and oxygen atoms in total. The van der Waals surface area contributed by atoms with Crippen molar-refractivity contribution in [2.24, 2.45) is 0 Å². The Balaban J connectivity index is 1.47. The maximum Gasteiger partial charge on any atom is 0.167 e. The first-order valence-electron chi connectivity index (χ1n) is 9.43. The van der Waals surface area contributed by atoms with E-state index in [9.17, 15) is 5.11 Å². The second-order valence-electron chi connectivity index (χ2n) is 7.53. The number of nitrogens with zero attached hydrogens (tertiary/aromatic N) is 4. The highest BCUT2D eigenvalue weighted by molar-refractivity contribution is 5.59. The molecule has 0 aliphatic heterocycles. The summed E-state index contributed by atoms with van der Waals surface area (Å²) in [6.07, 6.45) is 5.14. The van der Waals surface area contributed by atoms with E-state index < -0.39 is 6.10 Å². The predicted molar refractivity (Wildman–Crippen MR) is 106 cm³/mol. The van der Waals surface area contributed by atoms with Crippen LogP contribution in [0.3, 0.4) is 0 Å². The van der Waals surface area contributed by atoms with Gasteiger partial charge in [0.2, 0.25) is 0 Å². The number of aliphatic hydroxyl groups excluding tert-OH is 1. The molecular weight excluding hydrogens is 352 g/mol. The van der Waals surface area contributed by atoms with Crippen molar-refractivity contribution in [2.45, 2.75) is 38.0 Å². The van der Waals surface area contributed by atoms with Gasteiger partial charge in [0.1, 0.15) is 17.6 Å². The van der Waals surface area contributed by atoms with Crippen LogP contribution in [0.25, 0.3) is 11.3 Å². The molecule has 0 bridgehead atoms. The molecule has 0 radical (unpaired) electrons. The first kappa shape index (κ1) is 18.5. The van der Waals surface area contributed by atoms with Crippen LogP contribution in [0, 0.1) is 11.8 Å². The number of imidazole rings is 1.